The molecule has 3 aromatic rings. The van der Waals surface area contributed by atoms with E-state index in [1.165, 1.54) is 12.7 Å². The highest BCUT2D eigenvalue weighted by Crippen LogP contribution is 2.54. The van der Waals surface area contributed by atoms with Crippen LogP contribution in [0.5, 0.6) is 28.7 Å². The van der Waals surface area contributed by atoms with Crippen molar-refractivity contribution in [3.8, 4) is 39.9 Å². The first-order chi connectivity index (χ1) is 19.2. The van der Waals surface area contributed by atoms with E-state index in [0.717, 1.165) is 83.4 Å². The summed E-state index contributed by atoms with van der Waals surface area (Å²) in [5, 5.41) is 32.4. The lowest BCUT2D eigenvalue weighted by Crippen LogP contribution is -2.32. The first kappa shape index (κ1) is 28.2. The molecule has 0 radical (unpaired) electrons. The zero-order valence-corrected chi connectivity index (χ0v) is 24.3. The number of hydrogen-bond acceptors (Lipinski definition) is 6. The third-order valence-electron chi connectivity index (χ3n) is 8.40. The molecule has 214 valence electrons. The number of aliphatic hydroxyl groups excluding tert-OH is 1. The first-order valence-corrected chi connectivity index (χ1v) is 14.6. The summed E-state index contributed by atoms with van der Waals surface area (Å²) < 4.78 is 17.9. The number of ether oxygens (including phenoxy) is 3. The molecule has 1 heterocycles. The second-order valence-electron chi connectivity index (χ2n) is 11.7. The van der Waals surface area contributed by atoms with Crippen molar-refractivity contribution in [2.45, 2.75) is 83.8 Å². The maximum Gasteiger partial charge on any atom is 0.160 e. The standard InChI is InChI=1S/C34H42O6/c1-6-7-8-9-20-13-22-15-27(36)23(12-19(2)3)14-24(22)33-31(39-5)18-29-25(32(20)33)17-28(37)34(40-29)21-10-11-26(35)30(16-21)38-4/h10-11,14-16,18-20,28,34-37H,6-9,12-13,17H2,1-5H3. The molecule has 0 amide bonds. The summed E-state index contributed by atoms with van der Waals surface area (Å²) in [6, 6.07) is 11.1. The minimum absolute atomic E-state index is 0.0455. The van der Waals surface area contributed by atoms with Gasteiger partial charge in [-0.2, -0.15) is 0 Å². The molecule has 0 saturated heterocycles. The molecule has 0 aromatic heterocycles. The highest BCUT2D eigenvalue weighted by atomic mass is 16.5. The molecule has 1 aliphatic carbocycles. The van der Waals surface area contributed by atoms with Crippen molar-refractivity contribution in [2.24, 2.45) is 5.92 Å². The molecule has 40 heavy (non-hydrogen) atoms. The van der Waals surface area contributed by atoms with E-state index in [-0.39, 0.29) is 11.7 Å². The van der Waals surface area contributed by atoms with Crippen LogP contribution >= 0.6 is 0 Å². The Balaban J connectivity index is 1.65. The van der Waals surface area contributed by atoms with E-state index >= 15 is 0 Å². The fraction of sp³-hybridized carbons (Fsp3) is 0.471. The van der Waals surface area contributed by atoms with Crippen molar-refractivity contribution in [3.63, 3.8) is 0 Å². The van der Waals surface area contributed by atoms with Gasteiger partial charge in [-0.3, -0.25) is 0 Å². The number of unbranched alkanes of at least 4 members (excludes halogenated alkanes) is 2. The second kappa shape index (κ2) is 11.6. The van der Waals surface area contributed by atoms with Gasteiger partial charge in [0.2, 0.25) is 0 Å². The van der Waals surface area contributed by atoms with Crippen LogP contribution in [0.15, 0.2) is 36.4 Å². The van der Waals surface area contributed by atoms with Gasteiger partial charge in [-0.25, -0.2) is 0 Å². The van der Waals surface area contributed by atoms with Gasteiger partial charge in [0.25, 0.3) is 0 Å². The molecule has 6 heteroatoms. The lowest BCUT2D eigenvalue weighted by molar-refractivity contribution is 0.0201. The fourth-order valence-corrected chi connectivity index (χ4v) is 6.53. The predicted octanol–water partition coefficient (Wildman–Crippen LogP) is 7.24. The van der Waals surface area contributed by atoms with Gasteiger partial charge in [0.15, 0.2) is 11.5 Å². The molecule has 3 atom stereocenters. The normalized spacial score (nSPS) is 19.4. The van der Waals surface area contributed by atoms with Gasteiger partial charge in [-0.15, -0.1) is 0 Å². The number of aliphatic hydroxyl groups is 1. The Morgan fingerprint density at radius 1 is 0.950 bits per heavy atom. The van der Waals surface area contributed by atoms with E-state index in [1.54, 1.807) is 25.3 Å². The summed E-state index contributed by atoms with van der Waals surface area (Å²) in [5.74, 6) is 2.87. The molecule has 1 aliphatic heterocycles. The second-order valence-corrected chi connectivity index (χ2v) is 11.7. The molecule has 6 nitrogen and oxygen atoms in total. The van der Waals surface area contributed by atoms with Crippen LogP contribution in [0.2, 0.25) is 0 Å². The van der Waals surface area contributed by atoms with Crippen LogP contribution < -0.4 is 14.2 Å². The molecule has 2 aliphatic rings. The van der Waals surface area contributed by atoms with Crippen LogP contribution in [0, 0.1) is 5.92 Å². The van der Waals surface area contributed by atoms with Crippen LogP contribution in [0.1, 0.15) is 86.3 Å². The molecule has 0 bridgehead atoms. The fourth-order valence-electron chi connectivity index (χ4n) is 6.53. The minimum atomic E-state index is -0.770. The van der Waals surface area contributed by atoms with Gasteiger partial charge in [-0.1, -0.05) is 46.1 Å². The largest absolute Gasteiger partial charge is 0.508 e. The van der Waals surface area contributed by atoms with Crippen molar-refractivity contribution in [2.75, 3.05) is 14.2 Å². The molecule has 0 saturated carbocycles. The van der Waals surface area contributed by atoms with E-state index in [2.05, 4.69) is 26.8 Å². The third kappa shape index (κ3) is 5.22. The van der Waals surface area contributed by atoms with Gasteiger partial charge in [0, 0.05) is 23.6 Å². The summed E-state index contributed by atoms with van der Waals surface area (Å²) in [7, 11) is 3.20. The number of aromatic hydroxyl groups is 2. The number of fused-ring (bicyclic) bond motifs is 5. The molecule has 0 spiro atoms. The van der Waals surface area contributed by atoms with Crippen molar-refractivity contribution in [1.82, 2.24) is 0 Å². The van der Waals surface area contributed by atoms with Crippen molar-refractivity contribution >= 4 is 0 Å². The van der Waals surface area contributed by atoms with Gasteiger partial charge in [0.1, 0.15) is 23.4 Å². The van der Waals surface area contributed by atoms with E-state index in [9.17, 15) is 15.3 Å². The monoisotopic (exact) mass is 546 g/mol. The molecule has 5 rings (SSSR count). The number of benzene rings is 3. The van der Waals surface area contributed by atoms with Gasteiger partial charge < -0.3 is 29.5 Å². The van der Waals surface area contributed by atoms with Crippen molar-refractivity contribution < 1.29 is 29.5 Å². The average molecular weight is 547 g/mol. The zero-order valence-electron chi connectivity index (χ0n) is 24.3. The van der Waals surface area contributed by atoms with Crippen molar-refractivity contribution in [1.29, 1.82) is 0 Å². The number of hydrogen-bond donors (Lipinski definition) is 3. The van der Waals surface area contributed by atoms with E-state index in [0.29, 0.717) is 23.8 Å². The Kier molecular flexibility index (Phi) is 8.18. The first-order valence-electron chi connectivity index (χ1n) is 14.6. The smallest absolute Gasteiger partial charge is 0.160 e. The van der Waals surface area contributed by atoms with Crippen LogP contribution in [0.3, 0.4) is 0 Å². The Morgan fingerprint density at radius 3 is 2.42 bits per heavy atom. The quantitative estimate of drug-likeness (QED) is 0.245. The summed E-state index contributed by atoms with van der Waals surface area (Å²) >= 11 is 0. The molecular formula is C34H42O6. The van der Waals surface area contributed by atoms with Crippen LogP contribution in [0.4, 0.5) is 0 Å². The molecule has 3 N–H and O–H groups in total. The summed E-state index contributed by atoms with van der Waals surface area (Å²) in [6.45, 7) is 6.53. The molecular weight excluding hydrogens is 504 g/mol. The Bertz CT molecular complexity index is 1380. The Labute approximate surface area is 237 Å². The minimum Gasteiger partial charge on any atom is -0.508 e. The third-order valence-corrected chi connectivity index (χ3v) is 8.40. The summed E-state index contributed by atoms with van der Waals surface area (Å²) in [4.78, 5) is 0. The lowest BCUT2D eigenvalue weighted by Gasteiger charge is -2.38. The summed E-state index contributed by atoms with van der Waals surface area (Å²) in [6.07, 6.45) is 5.13. The SMILES string of the molecule is CCCCCC1Cc2cc(O)c(CC(C)C)cc2-c2c(OC)cc3c(c21)CC(O)C(c1ccc(O)c(OC)c1)O3. The molecule has 0 fully saturated rings. The number of phenols is 2. The highest BCUT2D eigenvalue weighted by Gasteiger charge is 2.38. The predicted molar refractivity (Wildman–Crippen MR) is 157 cm³/mol. The number of phenolic OH excluding ortho intramolecular Hbond substituents is 2. The topological polar surface area (TPSA) is 88.4 Å². The Morgan fingerprint density at radius 2 is 1.73 bits per heavy atom. The van der Waals surface area contributed by atoms with E-state index in [4.69, 9.17) is 14.2 Å². The van der Waals surface area contributed by atoms with Crippen LogP contribution in [-0.4, -0.2) is 35.6 Å². The van der Waals surface area contributed by atoms with Crippen LogP contribution in [-0.2, 0) is 19.3 Å². The average Bonchev–Trinajstić information content (AvgIpc) is 2.93. The van der Waals surface area contributed by atoms with Crippen LogP contribution in [0.25, 0.3) is 11.1 Å². The summed E-state index contributed by atoms with van der Waals surface area (Å²) in [5.41, 5.74) is 7.24. The maximum atomic E-state index is 11.4. The van der Waals surface area contributed by atoms with Gasteiger partial charge in [-0.05, 0) is 83.2 Å². The van der Waals surface area contributed by atoms with E-state index in [1.807, 2.05) is 12.1 Å². The number of methoxy groups -OCH3 is 2. The maximum absolute atomic E-state index is 11.4. The lowest BCUT2D eigenvalue weighted by atomic mass is 9.72. The highest BCUT2D eigenvalue weighted by molar-refractivity contribution is 5.83. The Hall–Kier alpha value is -3.38. The molecule has 3 aromatic carbocycles. The molecule has 3 unspecified atom stereocenters. The zero-order chi connectivity index (χ0) is 28.6. The van der Waals surface area contributed by atoms with Crippen molar-refractivity contribution in [3.05, 3.63) is 64.2 Å². The van der Waals surface area contributed by atoms with Gasteiger partial charge >= 0.3 is 0 Å². The van der Waals surface area contributed by atoms with E-state index < -0.39 is 12.2 Å². The van der Waals surface area contributed by atoms with Gasteiger partial charge in [0.05, 0.1) is 20.3 Å². The number of rotatable bonds is 9.